The number of hydrogen-bond acceptors (Lipinski definition) is 5. The van der Waals surface area contributed by atoms with Crippen LogP contribution in [0.5, 0.6) is 0 Å². The number of hydrogen-bond donors (Lipinski definition) is 0. The summed E-state index contributed by atoms with van der Waals surface area (Å²) in [4.78, 5) is 20.8. The van der Waals surface area contributed by atoms with Gasteiger partial charge in [-0.15, -0.1) is 0 Å². The molecule has 0 atom stereocenters. The van der Waals surface area contributed by atoms with Crippen LogP contribution in [0.1, 0.15) is 22.3 Å². The van der Waals surface area contributed by atoms with Crippen LogP contribution in [0.4, 0.5) is 0 Å². The molecule has 2 aromatic heterocycles. The summed E-state index contributed by atoms with van der Waals surface area (Å²) in [6.07, 6.45) is 0. The lowest BCUT2D eigenvalue weighted by Gasteiger charge is -2.33. The predicted molar refractivity (Wildman–Crippen MR) is 224 cm³/mol. The van der Waals surface area contributed by atoms with E-state index in [2.05, 4.69) is 121 Å². The zero-order valence-electron chi connectivity index (χ0n) is 30.2. The Morgan fingerprint density at radius 2 is 0.911 bits per heavy atom. The summed E-state index contributed by atoms with van der Waals surface area (Å²) in [6.45, 7) is 0. The fourth-order valence-electron chi connectivity index (χ4n) is 8.66. The smallest absolute Gasteiger partial charge is 0.227 e. The van der Waals surface area contributed by atoms with Crippen LogP contribution in [0.15, 0.2) is 199 Å². The molecule has 10 aromatic rings. The SMILES string of the molecule is c1ccc(-c2nc(-c3cccc4c3-c3ccccc3C4(c3ccccc3)c3ccccc3)nc(-c3cccc4ccc5nc(-c6ccccc6)oc5c34)n2)cc1. The Bertz CT molecular complexity index is 3030. The van der Waals surface area contributed by atoms with Gasteiger partial charge < -0.3 is 4.42 Å². The molecule has 56 heavy (non-hydrogen) atoms. The minimum atomic E-state index is -0.549. The van der Waals surface area contributed by atoms with Gasteiger partial charge in [-0.3, -0.25) is 0 Å². The minimum absolute atomic E-state index is 0.549. The topological polar surface area (TPSA) is 64.7 Å². The van der Waals surface area contributed by atoms with E-state index in [4.69, 9.17) is 24.4 Å². The molecule has 8 aromatic carbocycles. The van der Waals surface area contributed by atoms with E-state index in [0.717, 1.165) is 49.7 Å². The summed E-state index contributed by atoms with van der Waals surface area (Å²) < 4.78 is 6.58. The van der Waals surface area contributed by atoms with E-state index in [1.807, 2.05) is 72.8 Å². The highest BCUT2D eigenvalue weighted by molar-refractivity contribution is 6.11. The first-order valence-electron chi connectivity index (χ1n) is 18.8. The zero-order chi connectivity index (χ0) is 37.1. The maximum atomic E-state index is 6.58. The number of nitrogens with zero attached hydrogens (tertiary/aromatic N) is 4. The third-order valence-corrected chi connectivity index (χ3v) is 11.1. The van der Waals surface area contributed by atoms with Crippen molar-refractivity contribution in [3.63, 3.8) is 0 Å². The Kier molecular flexibility index (Phi) is 7.32. The Morgan fingerprint density at radius 1 is 0.375 bits per heavy atom. The first-order valence-corrected chi connectivity index (χ1v) is 18.8. The lowest BCUT2D eigenvalue weighted by atomic mass is 9.67. The number of oxazole rings is 1. The summed E-state index contributed by atoms with van der Waals surface area (Å²) in [5, 5.41) is 1.92. The second-order valence-electron chi connectivity index (χ2n) is 14.1. The monoisotopic (exact) mass is 716 g/mol. The Morgan fingerprint density at radius 3 is 1.62 bits per heavy atom. The van der Waals surface area contributed by atoms with Crippen LogP contribution in [-0.2, 0) is 5.41 Å². The molecule has 11 rings (SSSR count). The van der Waals surface area contributed by atoms with Crippen molar-refractivity contribution in [3.8, 4) is 56.7 Å². The quantitative estimate of drug-likeness (QED) is 0.171. The van der Waals surface area contributed by atoms with E-state index in [-0.39, 0.29) is 0 Å². The minimum Gasteiger partial charge on any atom is -0.435 e. The first-order chi connectivity index (χ1) is 27.8. The van der Waals surface area contributed by atoms with E-state index in [1.54, 1.807) is 0 Å². The van der Waals surface area contributed by atoms with Gasteiger partial charge in [-0.1, -0.05) is 176 Å². The highest BCUT2D eigenvalue weighted by atomic mass is 16.3. The summed E-state index contributed by atoms with van der Waals surface area (Å²) >= 11 is 0. The van der Waals surface area contributed by atoms with E-state index in [1.165, 1.54) is 22.3 Å². The Labute approximate surface area is 323 Å². The molecule has 5 heteroatoms. The second kappa shape index (κ2) is 12.8. The maximum absolute atomic E-state index is 6.58. The molecule has 0 N–H and O–H groups in total. The van der Waals surface area contributed by atoms with Crippen LogP contribution < -0.4 is 0 Å². The molecule has 2 heterocycles. The van der Waals surface area contributed by atoms with Gasteiger partial charge in [0.2, 0.25) is 5.89 Å². The van der Waals surface area contributed by atoms with Crippen molar-refractivity contribution in [1.82, 2.24) is 19.9 Å². The Balaban J connectivity index is 1.19. The highest BCUT2D eigenvalue weighted by Gasteiger charge is 2.47. The van der Waals surface area contributed by atoms with Crippen molar-refractivity contribution in [2.45, 2.75) is 5.41 Å². The average molecular weight is 717 g/mol. The predicted octanol–water partition coefficient (Wildman–Crippen LogP) is 12.2. The van der Waals surface area contributed by atoms with Crippen molar-refractivity contribution < 1.29 is 4.42 Å². The first kappa shape index (κ1) is 32.0. The van der Waals surface area contributed by atoms with Crippen molar-refractivity contribution in [3.05, 3.63) is 216 Å². The van der Waals surface area contributed by atoms with Crippen LogP contribution in [0.3, 0.4) is 0 Å². The summed E-state index contributed by atoms with van der Waals surface area (Å²) in [5.41, 5.74) is 11.7. The molecule has 0 aliphatic heterocycles. The summed E-state index contributed by atoms with van der Waals surface area (Å²) in [5.74, 6) is 2.33. The highest BCUT2D eigenvalue weighted by Crippen LogP contribution is 2.58. The third kappa shape index (κ3) is 4.88. The molecule has 1 aliphatic carbocycles. The van der Waals surface area contributed by atoms with Gasteiger partial charge >= 0.3 is 0 Å². The van der Waals surface area contributed by atoms with E-state index in [9.17, 15) is 0 Å². The average Bonchev–Trinajstić information content (AvgIpc) is 3.86. The third-order valence-electron chi connectivity index (χ3n) is 11.1. The van der Waals surface area contributed by atoms with Crippen LogP contribution in [0, 0.1) is 0 Å². The van der Waals surface area contributed by atoms with Gasteiger partial charge in [0.15, 0.2) is 23.1 Å². The molecule has 5 nitrogen and oxygen atoms in total. The van der Waals surface area contributed by atoms with Crippen molar-refractivity contribution in [2.75, 3.05) is 0 Å². The number of rotatable bonds is 6. The van der Waals surface area contributed by atoms with Crippen LogP contribution in [0.2, 0.25) is 0 Å². The van der Waals surface area contributed by atoms with Gasteiger partial charge in [0.1, 0.15) is 5.52 Å². The van der Waals surface area contributed by atoms with Crippen LogP contribution in [-0.4, -0.2) is 19.9 Å². The second-order valence-corrected chi connectivity index (χ2v) is 14.1. The fourth-order valence-corrected chi connectivity index (χ4v) is 8.66. The molecule has 0 amide bonds. The lowest BCUT2D eigenvalue weighted by Crippen LogP contribution is -2.28. The van der Waals surface area contributed by atoms with E-state index in [0.29, 0.717) is 28.9 Å². The number of fused-ring (bicyclic) bond motifs is 6. The summed E-state index contributed by atoms with van der Waals surface area (Å²) in [6, 6.07) is 67.5. The molecular formula is C51H32N4O. The molecule has 0 bridgehead atoms. The standard InChI is InChI=1S/C51H32N4O/c1-5-17-34(18-6-1)47-53-48(39-27-15-21-33-31-32-43-46(44(33)39)56-50(52-43)35-19-7-2-8-20-35)55-49(54-47)40-28-16-30-42-45(40)38-26-13-14-29-41(38)51(42,36-22-9-3-10-23-36)37-24-11-4-12-25-37/h1-32H. The molecule has 0 saturated carbocycles. The molecule has 0 fully saturated rings. The van der Waals surface area contributed by atoms with Gasteiger partial charge in [0.25, 0.3) is 0 Å². The van der Waals surface area contributed by atoms with Gasteiger partial charge in [-0.2, -0.15) is 0 Å². The Hall–Kier alpha value is -7.50. The summed E-state index contributed by atoms with van der Waals surface area (Å²) in [7, 11) is 0. The van der Waals surface area contributed by atoms with Crippen molar-refractivity contribution in [1.29, 1.82) is 0 Å². The van der Waals surface area contributed by atoms with Crippen molar-refractivity contribution in [2.24, 2.45) is 0 Å². The molecule has 262 valence electrons. The van der Waals surface area contributed by atoms with E-state index < -0.39 is 5.41 Å². The van der Waals surface area contributed by atoms with Gasteiger partial charge in [0.05, 0.1) is 5.41 Å². The molecule has 0 radical (unpaired) electrons. The molecule has 0 spiro atoms. The van der Waals surface area contributed by atoms with Gasteiger partial charge in [-0.25, -0.2) is 19.9 Å². The van der Waals surface area contributed by atoms with Gasteiger partial charge in [0, 0.05) is 27.6 Å². The fraction of sp³-hybridized carbons (Fsp3) is 0.0196. The lowest BCUT2D eigenvalue weighted by molar-refractivity contribution is 0.623. The molecule has 1 aliphatic rings. The normalized spacial score (nSPS) is 12.8. The zero-order valence-corrected chi connectivity index (χ0v) is 30.2. The van der Waals surface area contributed by atoms with Crippen molar-refractivity contribution >= 4 is 21.9 Å². The largest absolute Gasteiger partial charge is 0.435 e. The maximum Gasteiger partial charge on any atom is 0.227 e. The molecule has 0 saturated heterocycles. The molecular weight excluding hydrogens is 685 g/mol. The van der Waals surface area contributed by atoms with Crippen LogP contribution in [0.25, 0.3) is 78.6 Å². The molecule has 0 unspecified atom stereocenters. The van der Waals surface area contributed by atoms with Gasteiger partial charge in [-0.05, 0) is 57.0 Å². The number of benzene rings is 8. The van der Waals surface area contributed by atoms with E-state index >= 15 is 0 Å². The number of aromatic nitrogens is 4. The van der Waals surface area contributed by atoms with Crippen LogP contribution >= 0.6 is 0 Å².